The molecule has 0 aliphatic carbocycles. The van der Waals surface area contributed by atoms with Gasteiger partial charge in [0.15, 0.2) is 0 Å². The number of sulfonamides is 1. The first-order valence-corrected chi connectivity index (χ1v) is 5.36. The molecule has 0 atom stereocenters. The van der Waals surface area contributed by atoms with E-state index < -0.39 is 10.0 Å². The van der Waals surface area contributed by atoms with Gasteiger partial charge in [-0.15, -0.1) is 0 Å². The quantitative estimate of drug-likeness (QED) is 0.712. The number of nitrogens with zero attached hydrogens (tertiary/aromatic N) is 1. The van der Waals surface area contributed by atoms with Crippen LogP contribution >= 0.6 is 11.6 Å². The predicted octanol–water partition coefficient (Wildman–Crippen LogP) is 2.03. The Bertz CT molecular complexity index is 407. The summed E-state index contributed by atoms with van der Waals surface area (Å²) >= 11 is 5.38. The van der Waals surface area contributed by atoms with E-state index in [4.69, 9.17) is 11.6 Å². The van der Waals surface area contributed by atoms with Crippen LogP contribution in [0.3, 0.4) is 0 Å². The van der Waals surface area contributed by atoms with Gasteiger partial charge in [0.05, 0.1) is 4.90 Å². The van der Waals surface area contributed by atoms with Crippen LogP contribution in [-0.4, -0.2) is 13.6 Å². The summed E-state index contributed by atoms with van der Waals surface area (Å²) in [5.74, 6) is 0. The molecular formula is C8H8ClNO2S. The van der Waals surface area contributed by atoms with Gasteiger partial charge in [0.2, 0.25) is 0 Å². The second-order valence-electron chi connectivity index (χ2n) is 2.38. The van der Waals surface area contributed by atoms with Crippen molar-refractivity contribution in [2.45, 2.75) is 11.8 Å². The van der Waals surface area contributed by atoms with Gasteiger partial charge in [-0.05, 0) is 19.1 Å². The van der Waals surface area contributed by atoms with Gasteiger partial charge in [0.25, 0.3) is 10.0 Å². The third kappa shape index (κ3) is 2.82. The Morgan fingerprint density at radius 2 is 1.85 bits per heavy atom. The molecule has 0 amide bonds. The average molecular weight is 218 g/mol. The Hall–Kier alpha value is -0.870. The Kier molecular flexibility index (Phi) is 3.06. The summed E-state index contributed by atoms with van der Waals surface area (Å²) < 4.78 is 26.1. The lowest BCUT2D eigenvalue weighted by Gasteiger charge is -1.96. The summed E-state index contributed by atoms with van der Waals surface area (Å²) in [6, 6.07) is 7.94. The SMILES string of the molecule is C/C(Cl)=N/S(=O)(=O)c1ccccc1. The minimum atomic E-state index is -3.60. The van der Waals surface area contributed by atoms with E-state index in [1.807, 2.05) is 0 Å². The zero-order chi connectivity index (χ0) is 9.90. The fourth-order valence-electron chi connectivity index (χ4n) is 0.811. The van der Waals surface area contributed by atoms with Crippen LogP contribution in [0.4, 0.5) is 0 Å². The normalized spacial score (nSPS) is 12.9. The standard InChI is InChI=1S/C8H8ClNO2S/c1-7(9)10-13(11,12)8-5-3-2-4-6-8/h2-6H,1H3/b10-7-. The van der Waals surface area contributed by atoms with E-state index in [-0.39, 0.29) is 10.1 Å². The smallest absolute Gasteiger partial charge is 0.199 e. The van der Waals surface area contributed by atoms with Crippen molar-refractivity contribution in [1.29, 1.82) is 0 Å². The second-order valence-corrected chi connectivity index (χ2v) is 4.53. The molecule has 3 nitrogen and oxygen atoms in total. The van der Waals surface area contributed by atoms with E-state index in [9.17, 15) is 8.42 Å². The van der Waals surface area contributed by atoms with Crippen molar-refractivity contribution in [3.8, 4) is 0 Å². The summed E-state index contributed by atoms with van der Waals surface area (Å²) in [5.41, 5.74) is 0. The topological polar surface area (TPSA) is 46.5 Å². The monoisotopic (exact) mass is 217 g/mol. The molecule has 0 fully saturated rings. The molecular weight excluding hydrogens is 210 g/mol. The molecule has 1 rings (SSSR count). The first-order valence-electron chi connectivity index (χ1n) is 3.54. The molecule has 0 bridgehead atoms. The fraction of sp³-hybridized carbons (Fsp3) is 0.125. The van der Waals surface area contributed by atoms with Gasteiger partial charge in [0.1, 0.15) is 5.17 Å². The van der Waals surface area contributed by atoms with Crippen LogP contribution < -0.4 is 0 Å². The van der Waals surface area contributed by atoms with E-state index in [0.717, 1.165) is 0 Å². The minimum Gasteiger partial charge on any atom is -0.199 e. The van der Waals surface area contributed by atoms with Crippen molar-refractivity contribution < 1.29 is 8.42 Å². The summed E-state index contributed by atoms with van der Waals surface area (Å²) in [6.07, 6.45) is 0. The number of halogens is 1. The average Bonchev–Trinajstić information content (AvgIpc) is 2.04. The van der Waals surface area contributed by atoms with Gasteiger partial charge < -0.3 is 0 Å². The largest absolute Gasteiger partial charge is 0.283 e. The predicted molar refractivity (Wildman–Crippen MR) is 52.6 cm³/mol. The van der Waals surface area contributed by atoms with Crippen molar-refractivity contribution in [1.82, 2.24) is 0 Å². The molecule has 0 spiro atoms. The van der Waals surface area contributed by atoms with Crippen LogP contribution in [0, 0.1) is 0 Å². The van der Waals surface area contributed by atoms with E-state index in [1.54, 1.807) is 18.2 Å². The van der Waals surface area contributed by atoms with Crippen molar-refractivity contribution >= 4 is 26.8 Å². The Morgan fingerprint density at radius 3 is 2.31 bits per heavy atom. The van der Waals surface area contributed by atoms with Crippen molar-refractivity contribution in [2.24, 2.45) is 4.40 Å². The zero-order valence-corrected chi connectivity index (χ0v) is 8.51. The molecule has 0 aliphatic rings. The number of benzene rings is 1. The van der Waals surface area contributed by atoms with E-state index >= 15 is 0 Å². The highest BCUT2D eigenvalue weighted by molar-refractivity contribution is 7.90. The molecule has 0 saturated carbocycles. The van der Waals surface area contributed by atoms with Crippen LogP contribution in [0.25, 0.3) is 0 Å². The van der Waals surface area contributed by atoms with E-state index in [2.05, 4.69) is 4.40 Å². The maximum Gasteiger partial charge on any atom is 0.283 e. The molecule has 5 heteroatoms. The highest BCUT2D eigenvalue weighted by Crippen LogP contribution is 2.11. The molecule has 0 aromatic heterocycles. The molecule has 1 aromatic carbocycles. The van der Waals surface area contributed by atoms with Crippen molar-refractivity contribution in [2.75, 3.05) is 0 Å². The molecule has 0 aliphatic heterocycles. The highest BCUT2D eigenvalue weighted by Gasteiger charge is 2.10. The maximum atomic E-state index is 11.4. The van der Waals surface area contributed by atoms with Crippen LogP contribution in [0.5, 0.6) is 0 Å². The molecule has 70 valence electrons. The van der Waals surface area contributed by atoms with Crippen molar-refractivity contribution in [3.05, 3.63) is 30.3 Å². The number of hydrogen-bond donors (Lipinski definition) is 0. The summed E-state index contributed by atoms with van der Waals surface area (Å²) in [5, 5.41) is 0.00357. The van der Waals surface area contributed by atoms with Crippen LogP contribution in [-0.2, 0) is 10.0 Å². The molecule has 0 N–H and O–H groups in total. The molecule has 0 unspecified atom stereocenters. The van der Waals surface area contributed by atoms with Gasteiger partial charge in [-0.2, -0.15) is 12.8 Å². The fourth-order valence-corrected chi connectivity index (χ4v) is 2.02. The lowest BCUT2D eigenvalue weighted by molar-refractivity contribution is 0.598. The van der Waals surface area contributed by atoms with Gasteiger partial charge >= 0.3 is 0 Å². The van der Waals surface area contributed by atoms with Gasteiger partial charge in [-0.25, -0.2) is 0 Å². The first kappa shape index (κ1) is 10.2. The molecule has 0 saturated heterocycles. The zero-order valence-electron chi connectivity index (χ0n) is 6.94. The lowest BCUT2D eigenvalue weighted by atomic mass is 10.4. The number of hydrogen-bond acceptors (Lipinski definition) is 2. The van der Waals surface area contributed by atoms with Crippen molar-refractivity contribution in [3.63, 3.8) is 0 Å². The summed E-state index contributed by atoms with van der Waals surface area (Å²) in [7, 11) is -3.60. The first-order chi connectivity index (χ1) is 6.02. The second kappa shape index (κ2) is 3.89. The molecule has 0 radical (unpaired) electrons. The highest BCUT2D eigenvalue weighted by atomic mass is 35.5. The van der Waals surface area contributed by atoms with E-state index in [0.29, 0.717) is 0 Å². The molecule has 1 aromatic rings. The maximum absolute atomic E-state index is 11.4. The van der Waals surface area contributed by atoms with Crippen LogP contribution in [0.15, 0.2) is 39.6 Å². The van der Waals surface area contributed by atoms with Gasteiger partial charge in [-0.3, -0.25) is 0 Å². The van der Waals surface area contributed by atoms with Crippen LogP contribution in [0.1, 0.15) is 6.92 Å². The Balaban J connectivity index is 3.18. The molecule has 13 heavy (non-hydrogen) atoms. The lowest BCUT2D eigenvalue weighted by Crippen LogP contribution is -1.97. The van der Waals surface area contributed by atoms with Gasteiger partial charge in [-0.1, -0.05) is 29.8 Å². The minimum absolute atomic E-state index is 0.00357. The Morgan fingerprint density at radius 1 is 1.31 bits per heavy atom. The number of rotatable bonds is 2. The molecule has 0 heterocycles. The Labute approximate surface area is 82.1 Å². The van der Waals surface area contributed by atoms with E-state index in [1.165, 1.54) is 19.1 Å². The third-order valence-electron chi connectivity index (χ3n) is 1.29. The van der Waals surface area contributed by atoms with Crippen LogP contribution in [0.2, 0.25) is 0 Å². The third-order valence-corrected chi connectivity index (χ3v) is 2.85. The summed E-state index contributed by atoms with van der Waals surface area (Å²) in [4.78, 5) is 0.148. The summed E-state index contributed by atoms with van der Waals surface area (Å²) in [6.45, 7) is 1.42. The van der Waals surface area contributed by atoms with Gasteiger partial charge in [0, 0.05) is 0 Å².